The van der Waals surface area contributed by atoms with Crippen molar-refractivity contribution in [2.45, 2.75) is 19.1 Å². The topological polar surface area (TPSA) is 119 Å². The fraction of sp³-hybridized carbons (Fsp3) is 0.238. The molecule has 29 heavy (non-hydrogen) atoms. The van der Waals surface area contributed by atoms with Crippen LogP contribution in [0.25, 0.3) is 10.9 Å². The van der Waals surface area contributed by atoms with Gasteiger partial charge in [0.2, 0.25) is 0 Å². The van der Waals surface area contributed by atoms with Gasteiger partial charge in [0.05, 0.1) is 29.1 Å². The number of hydrogen-bond donors (Lipinski definition) is 2. The zero-order chi connectivity index (χ0) is 20.5. The van der Waals surface area contributed by atoms with E-state index in [4.69, 9.17) is 10.00 Å². The lowest BCUT2D eigenvalue weighted by Crippen LogP contribution is -2.50. The Labute approximate surface area is 166 Å². The van der Waals surface area contributed by atoms with Gasteiger partial charge in [-0.3, -0.25) is 9.59 Å². The summed E-state index contributed by atoms with van der Waals surface area (Å²) in [5.74, 6) is -0.466. The Morgan fingerprint density at radius 2 is 2.03 bits per heavy atom. The number of rotatable bonds is 3. The minimum absolute atomic E-state index is 0.0590. The van der Waals surface area contributed by atoms with Crippen molar-refractivity contribution in [3.05, 3.63) is 69.8 Å². The summed E-state index contributed by atoms with van der Waals surface area (Å²) < 4.78 is 5.52. The van der Waals surface area contributed by atoms with Crippen molar-refractivity contribution in [3.8, 4) is 6.07 Å². The number of hydrogen-bond acceptors (Lipinski definition) is 6. The first-order chi connectivity index (χ1) is 14.0. The predicted octanol–water partition coefficient (Wildman–Crippen LogP) is 1.57. The molecule has 1 aliphatic heterocycles. The van der Waals surface area contributed by atoms with E-state index in [0.717, 1.165) is 5.56 Å². The monoisotopic (exact) mass is 390 g/mol. The number of aryl methyl sites for hydroxylation is 1. The van der Waals surface area contributed by atoms with Crippen LogP contribution in [0.3, 0.4) is 0 Å². The molecule has 146 valence electrons. The third-order valence-electron chi connectivity index (χ3n) is 4.89. The Morgan fingerprint density at radius 1 is 1.28 bits per heavy atom. The number of nitriles is 1. The highest BCUT2D eigenvalue weighted by atomic mass is 16.5. The van der Waals surface area contributed by atoms with Crippen molar-refractivity contribution in [1.29, 1.82) is 5.26 Å². The number of amides is 1. The van der Waals surface area contributed by atoms with E-state index in [9.17, 15) is 14.7 Å². The number of aromatic nitrogens is 2. The summed E-state index contributed by atoms with van der Waals surface area (Å²) >= 11 is 0. The van der Waals surface area contributed by atoms with E-state index in [2.05, 4.69) is 9.97 Å². The fourth-order valence-electron chi connectivity index (χ4n) is 3.32. The number of carbonyl (C=O) groups is 1. The first kappa shape index (κ1) is 18.8. The van der Waals surface area contributed by atoms with Crippen molar-refractivity contribution < 1.29 is 14.6 Å². The Balaban J connectivity index is 1.65. The molecular formula is C21H18N4O4. The summed E-state index contributed by atoms with van der Waals surface area (Å²) in [5.41, 5.74) is 1.94. The number of fused-ring (bicyclic) bond motifs is 1. The van der Waals surface area contributed by atoms with Gasteiger partial charge in [0, 0.05) is 12.2 Å². The maximum absolute atomic E-state index is 12.9. The van der Waals surface area contributed by atoms with Crippen LogP contribution >= 0.6 is 0 Å². The van der Waals surface area contributed by atoms with E-state index in [1.54, 1.807) is 4.90 Å². The fourth-order valence-corrected chi connectivity index (χ4v) is 3.32. The molecule has 1 saturated heterocycles. The first-order valence-electron chi connectivity index (χ1n) is 9.10. The standard InChI is InChI=1S/C21H18N4O4/c1-12-2-5-14(6-3-12)25-8-9-29-18(21(25)28)17(26)19-23-16-7-4-13(11-22)10-15(16)20(27)24-19/h2-7,10,17-18,26H,8-9H2,1H3,(H,23,24,27)/t17?,18-/m1/s1. The van der Waals surface area contributed by atoms with Gasteiger partial charge in [0.15, 0.2) is 6.10 Å². The number of nitrogens with one attached hydrogen (secondary N) is 1. The van der Waals surface area contributed by atoms with Gasteiger partial charge in [0.25, 0.3) is 11.5 Å². The molecule has 0 saturated carbocycles. The number of aromatic amines is 1. The highest BCUT2D eigenvalue weighted by Gasteiger charge is 2.37. The summed E-state index contributed by atoms with van der Waals surface area (Å²) in [5, 5.41) is 20.0. The third-order valence-corrected chi connectivity index (χ3v) is 4.89. The Morgan fingerprint density at radius 3 is 2.76 bits per heavy atom. The number of carbonyl (C=O) groups excluding carboxylic acids is 1. The number of ether oxygens (including phenoxy) is 1. The number of benzene rings is 2. The van der Waals surface area contributed by atoms with E-state index in [-0.39, 0.29) is 17.8 Å². The molecule has 1 unspecified atom stereocenters. The number of anilines is 1. The normalized spacial score (nSPS) is 17.9. The van der Waals surface area contributed by atoms with Crippen molar-refractivity contribution in [1.82, 2.24) is 9.97 Å². The second-order valence-corrected chi connectivity index (χ2v) is 6.86. The van der Waals surface area contributed by atoms with Crippen LogP contribution in [0.5, 0.6) is 0 Å². The summed E-state index contributed by atoms with van der Waals surface area (Å²) in [6, 6.07) is 13.9. The quantitative estimate of drug-likeness (QED) is 0.701. The number of aliphatic hydroxyl groups excluding tert-OH is 1. The summed E-state index contributed by atoms with van der Waals surface area (Å²) in [4.78, 5) is 33.7. The smallest absolute Gasteiger partial charge is 0.259 e. The van der Waals surface area contributed by atoms with E-state index < -0.39 is 23.7 Å². The lowest BCUT2D eigenvalue weighted by atomic mass is 10.1. The molecule has 1 aromatic heterocycles. The Bertz CT molecular complexity index is 1180. The Hall–Kier alpha value is -3.54. The average Bonchev–Trinajstić information content (AvgIpc) is 2.74. The lowest BCUT2D eigenvalue weighted by molar-refractivity contribution is -0.143. The van der Waals surface area contributed by atoms with Crippen LogP contribution in [0.1, 0.15) is 23.1 Å². The van der Waals surface area contributed by atoms with Gasteiger partial charge in [-0.25, -0.2) is 4.98 Å². The van der Waals surface area contributed by atoms with Gasteiger partial charge in [-0.2, -0.15) is 5.26 Å². The highest BCUT2D eigenvalue weighted by Crippen LogP contribution is 2.25. The van der Waals surface area contributed by atoms with E-state index in [0.29, 0.717) is 23.3 Å². The molecule has 2 atom stereocenters. The molecule has 2 heterocycles. The first-order valence-corrected chi connectivity index (χ1v) is 9.10. The van der Waals surface area contributed by atoms with Crippen LogP contribution in [-0.2, 0) is 9.53 Å². The molecule has 8 heteroatoms. The van der Waals surface area contributed by atoms with E-state index in [1.165, 1.54) is 18.2 Å². The molecule has 0 radical (unpaired) electrons. The molecule has 8 nitrogen and oxygen atoms in total. The zero-order valence-corrected chi connectivity index (χ0v) is 15.6. The van der Waals surface area contributed by atoms with Crippen LogP contribution in [0.15, 0.2) is 47.3 Å². The maximum Gasteiger partial charge on any atom is 0.259 e. The molecule has 0 bridgehead atoms. The summed E-state index contributed by atoms with van der Waals surface area (Å²) in [6.45, 7) is 2.56. The SMILES string of the molecule is Cc1ccc(N2CCO[C@H](C(O)c3nc4ccc(C#N)cc4c(=O)[nH]3)C2=O)cc1. The highest BCUT2D eigenvalue weighted by molar-refractivity contribution is 5.97. The van der Waals surface area contributed by atoms with Crippen LogP contribution in [0.4, 0.5) is 5.69 Å². The van der Waals surface area contributed by atoms with Crippen LogP contribution in [-0.4, -0.2) is 40.2 Å². The molecule has 2 N–H and O–H groups in total. The lowest BCUT2D eigenvalue weighted by Gasteiger charge is -2.34. The molecule has 0 spiro atoms. The van der Waals surface area contributed by atoms with E-state index in [1.807, 2.05) is 37.3 Å². The number of H-pyrrole nitrogens is 1. The predicted molar refractivity (Wildman–Crippen MR) is 105 cm³/mol. The van der Waals surface area contributed by atoms with Crippen molar-refractivity contribution in [2.75, 3.05) is 18.1 Å². The molecular weight excluding hydrogens is 372 g/mol. The van der Waals surface area contributed by atoms with Gasteiger partial charge >= 0.3 is 0 Å². The van der Waals surface area contributed by atoms with Crippen LogP contribution < -0.4 is 10.5 Å². The molecule has 1 fully saturated rings. The second kappa shape index (κ2) is 7.47. The Kier molecular flexibility index (Phi) is 4.84. The zero-order valence-electron chi connectivity index (χ0n) is 15.6. The van der Waals surface area contributed by atoms with E-state index >= 15 is 0 Å². The molecule has 4 rings (SSSR count). The van der Waals surface area contributed by atoms with Gasteiger partial charge < -0.3 is 19.7 Å². The van der Waals surface area contributed by atoms with Crippen molar-refractivity contribution in [2.24, 2.45) is 0 Å². The van der Waals surface area contributed by atoms with Gasteiger partial charge in [0.1, 0.15) is 11.9 Å². The van der Waals surface area contributed by atoms with Crippen molar-refractivity contribution in [3.63, 3.8) is 0 Å². The second-order valence-electron chi connectivity index (χ2n) is 6.86. The number of morpholine rings is 1. The van der Waals surface area contributed by atoms with Gasteiger partial charge in [-0.05, 0) is 37.3 Å². The third kappa shape index (κ3) is 3.49. The van der Waals surface area contributed by atoms with Gasteiger partial charge in [-0.1, -0.05) is 17.7 Å². The maximum atomic E-state index is 12.9. The van der Waals surface area contributed by atoms with Crippen LogP contribution in [0, 0.1) is 18.3 Å². The number of aliphatic hydroxyl groups is 1. The summed E-state index contributed by atoms with van der Waals surface area (Å²) in [7, 11) is 0. The van der Waals surface area contributed by atoms with Crippen molar-refractivity contribution >= 4 is 22.5 Å². The molecule has 1 amide bonds. The van der Waals surface area contributed by atoms with Crippen LogP contribution in [0.2, 0.25) is 0 Å². The molecule has 1 aliphatic rings. The minimum atomic E-state index is -1.44. The largest absolute Gasteiger partial charge is 0.382 e. The molecule has 0 aliphatic carbocycles. The number of nitrogens with zero attached hydrogens (tertiary/aromatic N) is 3. The molecule has 3 aromatic rings. The van der Waals surface area contributed by atoms with Gasteiger partial charge in [-0.15, -0.1) is 0 Å². The minimum Gasteiger partial charge on any atom is -0.382 e. The average molecular weight is 390 g/mol. The molecule has 2 aromatic carbocycles. The summed E-state index contributed by atoms with van der Waals surface area (Å²) in [6.07, 6.45) is -2.63.